The molecule has 0 aromatic rings. The summed E-state index contributed by atoms with van der Waals surface area (Å²) in [6.07, 6.45) is 1.08. The van der Waals surface area contributed by atoms with Crippen molar-refractivity contribution in [3.05, 3.63) is 0 Å². The highest BCUT2D eigenvalue weighted by Crippen LogP contribution is 2.18. The van der Waals surface area contributed by atoms with Crippen molar-refractivity contribution in [2.24, 2.45) is 11.8 Å². The maximum atomic E-state index is 10.3. The summed E-state index contributed by atoms with van der Waals surface area (Å²) in [6.45, 7) is 4.15. The number of carbonyl (C=O) groups is 1. The van der Waals surface area contributed by atoms with Crippen LogP contribution in [0, 0.1) is 11.8 Å². The van der Waals surface area contributed by atoms with E-state index in [2.05, 4.69) is 18.9 Å². The van der Waals surface area contributed by atoms with Gasteiger partial charge in [-0.1, -0.05) is 6.92 Å². The minimum absolute atomic E-state index is 0.287. The second-order valence-electron chi connectivity index (χ2n) is 3.00. The summed E-state index contributed by atoms with van der Waals surface area (Å²) in [5, 5.41) is 0. The Morgan fingerprint density at radius 1 is 1.56 bits per heavy atom. The molecule has 1 saturated heterocycles. The Morgan fingerprint density at radius 3 is 2.44 bits per heavy atom. The highest BCUT2D eigenvalue weighted by molar-refractivity contribution is 5.55. The van der Waals surface area contributed by atoms with E-state index < -0.39 is 0 Å². The summed E-state index contributed by atoms with van der Waals surface area (Å²) in [4.78, 5) is 12.5. The lowest BCUT2D eigenvalue weighted by molar-refractivity contribution is -0.111. The zero-order valence-electron chi connectivity index (χ0n) is 6.00. The van der Waals surface area contributed by atoms with Crippen molar-refractivity contribution in [1.82, 2.24) is 4.90 Å². The van der Waals surface area contributed by atoms with Crippen LogP contribution in [0.5, 0.6) is 0 Å². The van der Waals surface area contributed by atoms with Crippen molar-refractivity contribution in [3.8, 4) is 0 Å². The van der Waals surface area contributed by atoms with Crippen LogP contribution >= 0.6 is 0 Å². The molecule has 0 amide bonds. The van der Waals surface area contributed by atoms with Crippen molar-refractivity contribution >= 4 is 6.29 Å². The van der Waals surface area contributed by atoms with E-state index in [-0.39, 0.29) is 5.92 Å². The summed E-state index contributed by atoms with van der Waals surface area (Å²) in [7, 11) is 2.06. The van der Waals surface area contributed by atoms with E-state index in [1.165, 1.54) is 0 Å². The first-order chi connectivity index (χ1) is 4.24. The molecule has 52 valence electrons. The average Bonchev–Trinajstić information content (AvgIpc) is 2.10. The molecular formula is C7H13NO. The fraction of sp³-hybridized carbons (Fsp3) is 0.857. The normalized spacial score (nSPS) is 37.1. The zero-order chi connectivity index (χ0) is 6.85. The molecule has 1 heterocycles. The fourth-order valence-corrected chi connectivity index (χ4v) is 1.42. The number of nitrogens with zero attached hydrogens (tertiary/aromatic N) is 1. The SMILES string of the molecule is CC1CN(C)CC1C=O. The molecule has 0 spiro atoms. The molecule has 1 fully saturated rings. The van der Waals surface area contributed by atoms with Gasteiger partial charge in [-0.15, -0.1) is 0 Å². The van der Waals surface area contributed by atoms with Gasteiger partial charge in [-0.25, -0.2) is 0 Å². The van der Waals surface area contributed by atoms with Crippen LogP contribution in [-0.4, -0.2) is 31.3 Å². The fourth-order valence-electron chi connectivity index (χ4n) is 1.42. The number of aldehydes is 1. The molecule has 0 radical (unpaired) electrons. The molecule has 2 heteroatoms. The van der Waals surface area contributed by atoms with Crippen molar-refractivity contribution in [1.29, 1.82) is 0 Å². The summed E-state index contributed by atoms with van der Waals surface area (Å²) < 4.78 is 0. The molecule has 0 aliphatic carbocycles. The quantitative estimate of drug-likeness (QED) is 0.475. The van der Waals surface area contributed by atoms with Crippen molar-refractivity contribution in [2.45, 2.75) is 6.92 Å². The van der Waals surface area contributed by atoms with Gasteiger partial charge in [-0.2, -0.15) is 0 Å². The zero-order valence-corrected chi connectivity index (χ0v) is 6.00. The van der Waals surface area contributed by atoms with Crippen molar-refractivity contribution in [2.75, 3.05) is 20.1 Å². The van der Waals surface area contributed by atoms with Crippen LogP contribution in [0.2, 0.25) is 0 Å². The van der Waals surface area contributed by atoms with Gasteiger partial charge in [0, 0.05) is 19.0 Å². The molecule has 0 aromatic heterocycles. The molecule has 2 unspecified atom stereocenters. The van der Waals surface area contributed by atoms with Crippen LogP contribution < -0.4 is 0 Å². The molecule has 2 atom stereocenters. The third-order valence-corrected chi connectivity index (χ3v) is 2.03. The van der Waals surface area contributed by atoms with Gasteiger partial charge < -0.3 is 9.69 Å². The monoisotopic (exact) mass is 127 g/mol. The summed E-state index contributed by atoms with van der Waals surface area (Å²) in [5.41, 5.74) is 0. The van der Waals surface area contributed by atoms with Gasteiger partial charge in [0.2, 0.25) is 0 Å². The molecule has 0 N–H and O–H groups in total. The maximum Gasteiger partial charge on any atom is 0.124 e. The predicted octanol–water partition coefficient (Wildman–Crippen LogP) is 0.383. The molecule has 0 bridgehead atoms. The molecule has 1 aliphatic heterocycles. The average molecular weight is 127 g/mol. The number of likely N-dealkylation sites (tertiary alicyclic amines) is 1. The van der Waals surface area contributed by atoms with Gasteiger partial charge >= 0.3 is 0 Å². The molecular weight excluding hydrogens is 114 g/mol. The Kier molecular flexibility index (Phi) is 1.86. The van der Waals surface area contributed by atoms with Crippen LogP contribution in [0.15, 0.2) is 0 Å². The number of rotatable bonds is 1. The van der Waals surface area contributed by atoms with Gasteiger partial charge in [-0.05, 0) is 13.0 Å². The number of hydrogen-bond acceptors (Lipinski definition) is 2. The molecule has 2 nitrogen and oxygen atoms in total. The summed E-state index contributed by atoms with van der Waals surface area (Å²) in [5.74, 6) is 0.850. The highest BCUT2D eigenvalue weighted by atomic mass is 16.1. The first kappa shape index (κ1) is 6.75. The third-order valence-electron chi connectivity index (χ3n) is 2.03. The van der Waals surface area contributed by atoms with E-state index in [1.54, 1.807) is 0 Å². The Balaban J connectivity index is 2.47. The third kappa shape index (κ3) is 1.30. The lowest BCUT2D eigenvalue weighted by Gasteiger charge is -2.03. The lowest BCUT2D eigenvalue weighted by Crippen LogP contribution is -2.14. The van der Waals surface area contributed by atoms with Gasteiger partial charge in [0.25, 0.3) is 0 Å². The first-order valence-electron chi connectivity index (χ1n) is 3.38. The van der Waals surface area contributed by atoms with E-state index in [4.69, 9.17) is 0 Å². The summed E-state index contributed by atoms with van der Waals surface area (Å²) in [6, 6.07) is 0. The van der Waals surface area contributed by atoms with Gasteiger partial charge in [0.15, 0.2) is 0 Å². The van der Waals surface area contributed by atoms with E-state index in [1.807, 2.05) is 0 Å². The van der Waals surface area contributed by atoms with E-state index in [9.17, 15) is 4.79 Å². The van der Waals surface area contributed by atoms with Gasteiger partial charge in [-0.3, -0.25) is 0 Å². The molecule has 1 aliphatic rings. The van der Waals surface area contributed by atoms with E-state index in [0.29, 0.717) is 5.92 Å². The Hall–Kier alpha value is -0.370. The minimum Gasteiger partial charge on any atom is -0.305 e. The van der Waals surface area contributed by atoms with Crippen molar-refractivity contribution < 1.29 is 4.79 Å². The Morgan fingerprint density at radius 2 is 2.22 bits per heavy atom. The molecule has 0 aromatic carbocycles. The van der Waals surface area contributed by atoms with Gasteiger partial charge in [0.1, 0.15) is 6.29 Å². The molecule has 0 saturated carbocycles. The Labute approximate surface area is 55.8 Å². The summed E-state index contributed by atoms with van der Waals surface area (Å²) >= 11 is 0. The number of carbonyl (C=O) groups excluding carboxylic acids is 1. The topological polar surface area (TPSA) is 20.3 Å². The first-order valence-corrected chi connectivity index (χ1v) is 3.38. The van der Waals surface area contributed by atoms with Crippen LogP contribution in [0.4, 0.5) is 0 Å². The lowest BCUT2D eigenvalue weighted by atomic mass is 10.0. The van der Waals surface area contributed by atoms with Crippen molar-refractivity contribution in [3.63, 3.8) is 0 Å². The molecule has 1 rings (SSSR count). The molecule has 9 heavy (non-hydrogen) atoms. The largest absolute Gasteiger partial charge is 0.305 e. The predicted molar refractivity (Wildman–Crippen MR) is 36.2 cm³/mol. The highest BCUT2D eigenvalue weighted by Gasteiger charge is 2.26. The van der Waals surface area contributed by atoms with Crippen LogP contribution in [-0.2, 0) is 4.79 Å². The standard InChI is InChI=1S/C7H13NO/c1-6-3-8(2)4-7(6)5-9/h5-7H,3-4H2,1-2H3. The van der Waals surface area contributed by atoms with Crippen LogP contribution in [0.3, 0.4) is 0 Å². The smallest absolute Gasteiger partial charge is 0.124 e. The van der Waals surface area contributed by atoms with Crippen LogP contribution in [0.1, 0.15) is 6.92 Å². The van der Waals surface area contributed by atoms with E-state index >= 15 is 0 Å². The van der Waals surface area contributed by atoms with Crippen LogP contribution in [0.25, 0.3) is 0 Å². The minimum atomic E-state index is 0.287. The van der Waals surface area contributed by atoms with Gasteiger partial charge in [0.05, 0.1) is 0 Å². The van der Waals surface area contributed by atoms with E-state index in [0.717, 1.165) is 19.4 Å². The maximum absolute atomic E-state index is 10.3. The second-order valence-corrected chi connectivity index (χ2v) is 3.00. The second kappa shape index (κ2) is 2.48. The number of hydrogen-bond donors (Lipinski definition) is 0. The Bertz CT molecular complexity index is 113.